The average Bonchev–Trinajstić information content (AvgIpc) is 2.92. The maximum absolute atomic E-state index is 10.7. The normalized spacial score (nSPS) is 23.5. The molecule has 80 valence electrons. The third-order valence-electron chi connectivity index (χ3n) is 2.83. The Bertz CT molecular complexity index is 379. The number of pyridine rings is 1. The van der Waals surface area contributed by atoms with Crippen LogP contribution in [0.2, 0.25) is 0 Å². The van der Waals surface area contributed by atoms with Gasteiger partial charge in [0.05, 0.1) is 5.56 Å². The summed E-state index contributed by atoms with van der Waals surface area (Å²) in [4.78, 5) is 14.8. The van der Waals surface area contributed by atoms with E-state index in [1.165, 1.54) is 18.7 Å². The van der Waals surface area contributed by atoms with Crippen LogP contribution < -0.4 is 5.32 Å². The van der Waals surface area contributed by atoms with Gasteiger partial charge in [-0.1, -0.05) is 6.92 Å². The van der Waals surface area contributed by atoms with E-state index in [-0.39, 0.29) is 5.56 Å². The highest BCUT2D eigenvalue weighted by Gasteiger charge is 2.31. The molecular formula is C11H14N2O2. The molecule has 15 heavy (non-hydrogen) atoms. The van der Waals surface area contributed by atoms with Gasteiger partial charge in [0, 0.05) is 12.7 Å². The summed E-state index contributed by atoms with van der Waals surface area (Å²) in [7, 11) is 0. The van der Waals surface area contributed by atoms with Gasteiger partial charge >= 0.3 is 5.97 Å². The molecule has 0 spiro atoms. The fourth-order valence-electron chi connectivity index (χ4n) is 1.58. The van der Waals surface area contributed by atoms with Crippen molar-refractivity contribution < 1.29 is 9.90 Å². The number of aromatic carboxylic acids is 1. The maximum Gasteiger partial charge on any atom is 0.335 e. The van der Waals surface area contributed by atoms with Crippen molar-refractivity contribution in [3.8, 4) is 0 Å². The van der Waals surface area contributed by atoms with E-state index in [4.69, 9.17) is 5.11 Å². The van der Waals surface area contributed by atoms with Crippen molar-refractivity contribution in [2.24, 2.45) is 11.8 Å². The van der Waals surface area contributed by atoms with Crippen molar-refractivity contribution in [3.05, 3.63) is 23.9 Å². The van der Waals surface area contributed by atoms with Crippen LogP contribution in [-0.4, -0.2) is 22.6 Å². The summed E-state index contributed by atoms with van der Waals surface area (Å²) in [5.74, 6) is 1.25. The lowest BCUT2D eigenvalue weighted by Gasteiger charge is -2.04. The van der Waals surface area contributed by atoms with Crippen LogP contribution in [0.3, 0.4) is 0 Å². The molecule has 0 bridgehead atoms. The minimum absolute atomic E-state index is 0.274. The number of nitrogens with one attached hydrogen (secondary N) is 1. The van der Waals surface area contributed by atoms with Crippen molar-refractivity contribution in [2.45, 2.75) is 13.3 Å². The molecule has 1 aliphatic rings. The van der Waals surface area contributed by atoms with E-state index < -0.39 is 5.97 Å². The molecule has 0 amide bonds. The quantitative estimate of drug-likeness (QED) is 0.789. The van der Waals surface area contributed by atoms with E-state index in [0.29, 0.717) is 5.82 Å². The van der Waals surface area contributed by atoms with E-state index in [1.807, 2.05) is 0 Å². The van der Waals surface area contributed by atoms with Crippen LogP contribution in [-0.2, 0) is 0 Å². The Morgan fingerprint density at radius 3 is 3.07 bits per heavy atom. The number of carboxylic acids is 1. The van der Waals surface area contributed by atoms with E-state index in [9.17, 15) is 4.79 Å². The summed E-state index contributed by atoms with van der Waals surface area (Å²) < 4.78 is 0. The number of nitrogens with zero attached hydrogens (tertiary/aromatic N) is 1. The van der Waals surface area contributed by atoms with E-state index in [1.54, 1.807) is 6.07 Å². The Kier molecular flexibility index (Phi) is 2.58. The Morgan fingerprint density at radius 1 is 1.73 bits per heavy atom. The van der Waals surface area contributed by atoms with Gasteiger partial charge in [0.15, 0.2) is 0 Å². The molecule has 1 saturated carbocycles. The molecule has 2 N–H and O–H groups in total. The van der Waals surface area contributed by atoms with Crippen molar-refractivity contribution in [1.82, 2.24) is 4.98 Å². The summed E-state index contributed by atoms with van der Waals surface area (Å²) in [6.45, 7) is 3.10. The number of carboxylic acid groups (broad SMARTS) is 1. The van der Waals surface area contributed by atoms with E-state index in [0.717, 1.165) is 18.4 Å². The number of hydrogen-bond donors (Lipinski definition) is 2. The maximum atomic E-state index is 10.7. The first-order valence-corrected chi connectivity index (χ1v) is 5.10. The van der Waals surface area contributed by atoms with Crippen LogP contribution >= 0.6 is 0 Å². The standard InChI is InChI=1S/C11H14N2O2/c1-7-4-9(7)6-13-10-5-8(11(14)15)2-3-12-10/h2-3,5,7,9H,4,6H2,1H3,(H,12,13)(H,14,15). The zero-order valence-corrected chi connectivity index (χ0v) is 8.60. The first-order chi connectivity index (χ1) is 7.16. The molecule has 0 radical (unpaired) electrons. The molecule has 0 aliphatic heterocycles. The largest absolute Gasteiger partial charge is 0.478 e. The first kappa shape index (κ1) is 9.96. The zero-order valence-electron chi connectivity index (χ0n) is 8.60. The van der Waals surface area contributed by atoms with Gasteiger partial charge in [-0.25, -0.2) is 9.78 Å². The van der Waals surface area contributed by atoms with Gasteiger partial charge < -0.3 is 10.4 Å². The van der Waals surface area contributed by atoms with Crippen LogP contribution in [0.4, 0.5) is 5.82 Å². The average molecular weight is 206 g/mol. The summed E-state index contributed by atoms with van der Waals surface area (Å²) in [6.07, 6.45) is 2.77. The number of anilines is 1. The number of rotatable bonds is 4. The Hall–Kier alpha value is -1.58. The third-order valence-corrected chi connectivity index (χ3v) is 2.83. The number of hydrogen-bond acceptors (Lipinski definition) is 3. The molecule has 1 aromatic heterocycles. The molecule has 1 aromatic rings. The lowest BCUT2D eigenvalue weighted by atomic mass is 10.2. The molecule has 2 atom stereocenters. The highest BCUT2D eigenvalue weighted by atomic mass is 16.4. The molecule has 0 saturated heterocycles. The second-order valence-electron chi connectivity index (χ2n) is 4.09. The van der Waals surface area contributed by atoms with E-state index in [2.05, 4.69) is 17.2 Å². The summed E-state index contributed by atoms with van der Waals surface area (Å²) in [6, 6.07) is 3.06. The molecule has 1 aliphatic carbocycles. The predicted octanol–water partition coefficient (Wildman–Crippen LogP) is 1.85. The Morgan fingerprint density at radius 2 is 2.47 bits per heavy atom. The second kappa shape index (κ2) is 3.88. The van der Waals surface area contributed by atoms with Crippen LogP contribution in [0.1, 0.15) is 23.7 Å². The van der Waals surface area contributed by atoms with Crippen molar-refractivity contribution in [2.75, 3.05) is 11.9 Å². The molecular weight excluding hydrogens is 192 g/mol. The number of carbonyl (C=O) groups is 1. The fourth-order valence-corrected chi connectivity index (χ4v) is 1.58. The third kappa shape index (κ3) is 2.46. The zero-order chi connectivity index (χ0) is 10.8. The molecule has 2 unspecified atom stereocenters. The SMILES string of the molecule is CC1CC1CNc1cc(C(=O)O)ccn1. The molecule has 4 nitrogen and oxygen atoms in total. The monoisotopic (exact) mass is 206 g/mol. The van der Waals surface area contributed by atoms with Crippen molar-refractivity contribution in [3.63, 3.8) is 0 Å². The van der Waals surface area contributed by atoms with Crippen LogP contribution in [0.5, 0.6) is 0 Å². The van der Waals surface area contributed by atoms with Gasteiger partial charge in [-0.05, 0) is 30.4 Å². The summed E-state index contributed by atoms with van der Waals surface area (Å²) >= 11 is 0. The summed E-state index contributed by atoms with van der Waals surface area (Å²) in [5, 5.41) is 11.9. The van der Waals surface area contributed by atoms with Gasteiger partial charge in [-0.15, -0.1) is 0 Å². The van der Waals surface area contributed by atoms with Crippen molar-refractivity contribution in [1.29, 1.82) is 0 Å². The van der Waals surface area contributed by atoms with Crippen LogP contribution in [0.15, 0.2) is 18.3 Å². The molecule has 1 heterocycles. The lowest BCUT2D eigenvalue weighted by Crippen LogP contribution is -2.07. The summed E-state index contributed by atoms with van der Waals surface area (Å²) in [5.41, 5.74) is 0.274. The van der Waals surface area contributed by atoms with Gasteiger partial charge in [-0.2, -0.15) is 0 Å². The molecule has 4 heteroatoms. The highest BCUT2D eigenvalue weighted by molar-refractivity contribution is 5.88. The van der Waals surface area contributed by atoms with Crippen LogP contribution in [0.25, 0.3) is 0 Å². The second-order valence-corrected chi connectivity index (χ2v) is 4.09. The van der Waals surface area contributed by atoms with Crippen LogP contribution in [0, 0.1) is 11.8 Å². The minimum Gasteiger partial charge on any atom is -0.478 e. The van der Waals surface area contributed by atoms with Gasteiger partial charge in [-0.3, -0.25) is 0 Å². The van der Waals surface area contributed by atoms with Gasteiger partial charge in [0.25, 0.3) is 0 Å². The number of aromatic nitrogens is 1. The lowest BCUT2D eigenvalue weighted by molar-refractivity contribution is 0.0697. The van der Waals surface area contributed by atoms with E-state index >= 15 is 0 Å². The smallest absolute Gasteiger partial charge is 0.335 e. The molecule has 0 aromatic carbocycles. The fraction of sp³-hybridized carbons (Fsp3) is 0.455. The predicted molar refractivity (Wildman–Crippen MR) is 57.0 cm³/mol. The van der Waals surface area contributed by atoms with Gasteiger partial charge in [0.1, 0.15) is 5.82 Å². The minimum atomic E-state index is -0.916. The Balaban J connectivity index is 1.95. The topological polar surface area (TPSA) is 62.2 Å². The first-order valence-electron chi connectivity index (χ1n) is 5.10. The molecule has 2 rings (SSSR count). The molecule has 1 fully saturated rings. The Labute approximate surface area is 88.3 Å². The van der Waals surface area contributed by atoms with Crippen molar-refractivity contribution >= 4 is 11.8 Å². The van der Waals surface area contributed by atoms with Gasteiger partial charge in [0.2, 0.25) is 0 Å². The highest BCUT2D eigenvalue weighted by Crippen LogP contribution is 2.37.